The van der Waals surface area contributed by atoms with E-state index in [2.05, 4.69) is 11.9 Å². The molecule has 0 aliphatic carbocycles. The molecule has 0 fully saturated rings. The number of hydrogen-bond acceptors (Lipinski definition) is 4. The molecule has 1 amide bonds. The Bertz CT molecular complexity index is 158. The number of hydrogen-bond donors (Lipinski definition) is 4. The maximum Gasteiger partial charge on any atom is 0.309 e. The summed E-state index contributed by atoms with van der Waals surface area (Å²) in [5.41, 5.74) is -0.713. The molecule has 0 aliphatic heterocycles. The van der Waals surface area contributed by atoms with E-state index in [-0.39, 0.29) is 0 Å². The molecule has 5 heteroatoms. The van der Waals surface area contributed by atoms with Crippen molar-refractivity contribution in [2.24, 2.45) is 0 Å². The van der Waals surface area contributed by atoms with Crippen LogP contribution >= 0.6 is 0 Å². The molecule has 4 N–H and O–H groups in total. The molecule has 0 aliphatic rings. The molecule has 0 saturated carbocycles. The van der Waals surface area contributed by atoms with Gasteiger partial charge in [0.1, 0.15) is 0 Å². The molecule has 0 aromatic heterocycles. The summed E-state index contributed by atoms with van der Waals surface area (Å²) in [6.45, 7) is 2.93. The van der Waals surface area contributed by atoms with E-state index in [0.29, 0.717) is 0 Å². The second kappa shape index (κ2) is 2.78. The predicted molar refractivity (Wildman–Crippen MR) is 32.6 cm³/mol. The van der Waals surface area contributed by atoms with Crippen LogP contribution in [-0.2, 0) is 4.79 Å². The van der Waals surface area contributed by atoms with E-state index in [1.54, 1.807) is 0 Å². The Hall–Kier alpha value is -0.910. The van der Waals surface area contributed by atoms with Crippen molar-refractivity contribution in [2.45, 2.75) is 5.97 Å². The van der Waals surface area contributed by atoms with Crippen LogP contribution < -0.4 is 5.32 Å². The zero-order valence-corrected chi connectivity index (χ0v) is 5.46. The van der Waals surface area contributed by atoms with Gasteiger partial charge in [-0.05, 0) is 0 Å². The zero-order chi connectivity index (χ0) is 8.36. The van der Waals surface area contributed by atoms with E-state index in [4.69, 9.17) is 15.3 Å². The van der Waals surface area contributed by atoms with E-state index in [0.717, 1.165) is 0 Å². The van der Waals surface area contributed by atoms with Crippen LogP contribution in [0.5, 0.6) is 0 Å². The Labute approximate surface area is 57.6 Å². The van der Waals surface area contributed by atoms with Crippen molar-refractivity contribution in [1.29, 1.82) is 0 Å². The Kier molecular flexibility index (Phi) is 2.53. The van der Waals surface area contributed by atoms with Crippen LogP contribution in [0.2, 0.25) is 0 Å². The first-order valence-electron chi connectivity index (χ1n) is 2.48. The van der Waals surface area contributed by atoms with Gasteiger partial charge in [0.2, 0.25) is 0 Å². The number of nitrogens with one attached hydrogen (secondary N) is 1. The number of carbonyl (C=O) groups excluding carboxylic acids is 1. The van der Waals surface area contributed by atoms with E-state index in [1.807, 2.05) is 0 Å². The maximum atomic E-state index is 10.5. The lowest BCUT2D eigenvalue weighted by Crippen LogP contribution is -2.37. The largest absolute Gasteiger partial charge is 0.355 e. The number of rotatable bonds is 2. The molecule has 0 radical (unpaired) electrons. The zero-order valence-electron chi connectivity index (χ0n) is 5.46. The second-order valence-electron chi connectivity index (χ2n) is 1.69. The molecule has 0 heterocycles. The first kappa shape index (κ1) is 9.09. The topological polar surface area (TPSA) is 89.8 Å². The van der Waals surface area contributed by atoms with Gasteiger partial charge in [-0.1, -0.05) is 6.58 Å². The molecule has 58 valence electrons. The van der Waals surface area contributed by atoms with Crippen LogP contribution in [0.3, 0.4) is 0 Å². The summed E-state index contributed by atoms with van der Waals surface area (Å²) in [7, 11) is 1.28. The van der Waals surface area contributed by atoms with Gasteiger partial charge in [-0.15, -0.1) is 0 Å². The van der Waals surface area contributed by atoms with Gasteiger partial charge in [-0.2, -0.15) is 0 Å². The van der Waals surface area contributed by atoms with E-state index in [1.165, 1.54) is 7.05 Å². The third-order valence-corrected chi connectivity index (χ3v) is 0.906. The van der Waals surface area contributed by atoms with Gasteiger partial charge >= 0.3 is 5.97 Å². The lowest BCUT2D eigenvalue weighted by molar-refractivity contribution is -0.280. The van der Waals surface area contributed by atoms with Gasteiger partial charge in [0.05, 0.1) is 5.57 Å². The maximum absolute atomic E-state index is 10.5. The predicted octanol–water partition coefficient (Wildman–Crippen LogP) is -2.08. The van der Waals surface area contributed by atoms with Crippen molar-refractivity contribution in [1.82, 2.24) is 5.32 Å². The number of carbonyl (C=O) groups is 1. The molecular formula is C5H9NO4. The fourth-order valence-corrected chi connectivity index (χ4v) is 0.303. The van der Waals surface area contributed by atoms with Crippen LogP contribution in [0.1, 0.15) is 0 Å². The Morgan fingerprint density at radius 3 is 2.00 bits per heavy atom. The molecule has 0 rings (SSSR count). The molecule has 0 spiro atoms. The summed E-state index contributed by atoms with van der Waals surface area (Å²) in [5, 5.41) is 27.1. The van der Waals surface area contributed by atoms with Crippen molar-refractivity contribution >= 4 is 5.91 Å². The highest BCUT2D eigenvalue weighted by atomic mass is 16.7. The molecule has 0 atom stereocenters. The average molecular weight is 147 g/mol. The molecule has 0 aromatic carbocycles. The number of amides is 1. The minimum absolute atomic E-state index is 0.713. The van der Waals surface area contributed by atoms with Gasteiger partial charge in [0, 0.05) is 7.05 Å². The van der Waals surface area contributed by atoms with Gasteiger partial charge in [-0.25, -0.2) is 0 Å². The van der Waals surface area contributed by atoms with Crippen LogP contribution in [0.25, 0.3) is 0 Å². The van der Waals surface area contributed by atoms with Gasteiger partial charge in [0.25, 0.3) is 5.91 Å². The Morgan fingerprint density at radius 2 is 1.90 bits per heavy atom. The minimum Gasteiger partial charge on any atom is -0.355 e. The normalized spacial score (nSPS) is 10.8. The van der Waals surface area contributed by atoms with Crippen LogP contribution in [-0.4, -0.2) is 34.2 Å². The number of aliphatic hydroxyl groups is 3. The second-order valence-corrected chi connectivity index (χ2v) is 1.69. The standard InChI is InChI=1S/C5H9NO4/c1-3(4(7)6-2)5(8,9)10/h8-10H,1H2,2H3,(H,6,7). The Balaban J connectivity index is 4.24. The van der Waals surface area contributed by atoms with Crippen molar-refractivity contribution < 1.29 is 20.1 Å². The summed E-state index contributed by atoms with van der Waals surface area (Å²) >= 11 is 0. The molecule has 0 saturated heterocycles. The Morgan fingerprint density at radius 1 is 1.50 bits per heavy atom. The molecule has 0 unspecified atom stereocenters. The lowest BCUT2D eigenvalue weighted by atomic mass is 10.2. The van der Waals surface area contributed by atoms with Gasteiger partial charge in [-0.3, -0.25) is 4.79 Å². The highest BCUT2D eigenvalue weighted by molar-refractivity contribution is 5.93. The smallest absolute Gasteiger partial charge is 0.309 e. The average Bonchev–Trinajstić information content (AvgIpc) is 1.83. The van der Waals surface area contributed by atoms with Crippen molar-refractivity contribution in [3.63, 3.8) is 0 Å². The highest BCUT2D eigenvalue weighted by Gasteiger charge is 2.28. The monoisotopic (exact) mass is 147 g/mol. The van der Waals surface area contributed by atoms with Crippen LogP contribution in [0.4, 0.5) is 0 Å². The minimum atomic E-state index is -3.12. The summed E-state index contributed by atoms with van der Waals surface area (Å²) in [6, 6.07) is 0. The SMILES string of the molecule is C=C(C(=O)NC)C(O)(O)O. The lowest BCUT2D eigenvalue weighted by Gasteiger charge is -2.14. The fraction of sp³-hybridized carbons (Fsp3) is 0.400. The summed E-state index contributed by atoms with van der Waals surface area (Å²) in [6.07, 6.45) is 0. The highest BCUT2D eigenvalue weighted by Crippen LogP contribution is 2.05. The van der Waals surface area contributed by atoms with Crippen molar-refractivity contribution in [3.05, 3.63) is 12.2 Å². The third kappa shape index (κ3) is 2.14. The molecule has 5 nitrogen and oxygen atoms in total. The molecule has 0 aromatic rings. The van der Waals surface area contributed by atoms with Crippen molar-refractivity contribution in [3.8, 4) is 0 Å². The molecular weight excluding hydrogens is 138 g/mol. The van der Waals surface area contributed by atoms with Gasteiger partial charge in [0.15, 0.2) is 0 Å². The van der Waals surface area contributed by atoms with E-state index < -0.39 is 17.5 Å². The van der Waals surface area contributed by atoms with Gasteiger partial charge < -0.3 is 20.6 Å². The molecule has 0 bridgehead atoms. The first-order valence-corrected chi connectivity index (χ1v) is 2.48. The van der Waals surface area contributed by atoms with Crippen LogP contribution in [0, 0.1) is 0 Å². The summed E-state index contributed by atoms with van der Waals surface area (Å²) < 4.78 is 0. The third-order valence-electron chi connectivity index (χ3n) is 0.906. The van der Waals surface area contributed by atoms with Crippen molar-refractivity contribution in [2.75, 3.05) is 7.05 Å². The number of likely N-dealkylation sites (N-methyl/N-ethyl adjacent to an activating group) is 1. The van der Waals surface area contributed by atoms with E-state index >= 15 is 0 Å². The molecule has 10 heavy (non-hydrogen) atoms. The first-order chi connectivity index (χ1) is 4.39. The fourth-order valence-electron chi connectivity index (χ4n) is 0.303. The summed E-state index contributed by atoms with van der Waals surface area (Å²) in [4.78, 5) is 10.5. The quantitative estimate of drug-likeness (QED) is 0.266. The summed E-state index contributed by atoms with van der Waals surface area (Å²) in [5.74, 6) is -3.95. The van der Waals surface area contributed by atoms with E-state index in [9.17, 15) is 4.79 Å². The van der Waals surface area contributed by atoms with Crippen LogP contribution in [0.15, 0.2) is 12.2 Å².